The van der Waals surface area contributed by atoms with Crippen LogP contribution < -0.4 is 10.2 Å². The average Bonchev–Trinajstić information content (AvgIpc) is 3.41. The third-order valence-electron chi connectivity index (χ3n) is 13.4. The van der Waals surface area contributed by atoms with Gasteiger partial charge in [-0.05, 0) is 96.3 Å². The summed E-state index contributed by atoms with van der Waals surface area (Å²) >= 11 is 0. The van der Waals surface area contributed by atoms with Gasteiger partial charge in [-0.25, -0.2) is 0 Å². The minimum atomic E-state index is -4.62. The number of aliphatic hydroxyl groups excluding tert-OH is 1. The van der Waals surface area contributed by atoms with Gasteiger partial charge in [0, 0.05) is 6.42 Å². The van der Waals surface area contributed by atoms with Gasteiger partial charge in [-0.2, -0.15) is 0 Å². The predicted molar refractivity (Wildman–Crippen MR) is 338 cm³/mol. The van der Waals surface area contributed by atoms with Crippen LogP contribution in [0.3, 0.4) is 0 Å². The Labute approximate surface area is 481 Å². The van der Waals surface area contributed by atoms with Crippen molar-refractivity contribution in [1.82, 2.24) is 5.32 Å². The molecule has 0 aliphatic rings. The van der Waals surface area contributed by atoms with Crippen molar-refractivity contribution in [3.05, 3.63) is 134 Å². The molecule has 0 saturated carbocycles. The van der Waals surface area contributed by atoms with E-state index in [1.54, 1.807) is 6.08 Å². The van der Waals surface area contributed by atoms with Gasteiger partial charge in [-0.3, -0.25) is 9.36 Å². The zero-order valence-corrected chi connectivity index (χ0v) is 51.7. The van der Waals surface area contributed by atoms with E-state index in [0.717, 1.165) is 96.3 Å². The standard InChI is InChI=1S/C69H119N2O6P/c1-6-8-10-12-14-16-18-20-22-24-26-28-30-31-32-33-34-35-36-37-38-39-41-43-45-47-49-51-53-55-57-59-61-63-69(73)70-67(66-77-78(74,75)76-65-64-71(3,4)5)68(72)62-60-58-56-54-52-50-48-46-44-42-40-29-27-25-23-21-19-17-15-13-11-9-7-2/h8,10,14,16,20,22,26,28,31-32,34-35,37-38,41,43,47,49,53,55,60,62,67-68,72H,6-7,9,11-13,15,17-19,21,23-25,27,29-30,33,36,39-40,42,44-46,48,50-52,54,56-59,61,63-66H2,1-5H3,(H-,70,73,74,75)/b10-8-,16-14-,22-20-,28-26-,32-31-,35-34-,38-37-,43-41-,49-47-,55-53-,62-60+. The molecule has 0 rings (SSSR count). The Kier molecular flexibility index (Phi) is 55.8. The molecule has 0 aromatic rings. The maximum atomic E-state index is 13.0. The lowest BCUT2D eigenvalue weighted by Gasteiger charge is -2.29. The molecule has 0 spiro atoms. The quantitative estimate of drug-likeness (QED) is 0.0272. The molecule has 8 nitrogen and oxygen atoms in total. The third kappa shape index (κ3) is 60.3. The van der Waals surface area contributed by atoms with E-state index in [2.05, 4.69) is 141 Å². The number of quaternary nitrogens is 1. The normalized spacial score (nSPS) is 14.7. The van der Waals surface area contributed by atoms with Crippen LogP contribution in [0.1, 0.15) is 245 Å². The van der Waals surface area contributed by atoms with E-state index in [1.165, 1.54) is 122 Å². The van der Waals surface area contributed by atoms with E-state index in [0.29, 0.717) is 17.4 Å². The molecule has 0 radical (unpaired) electrons. The first-order valence-corrected chi connectivity index (χ1v) is 33.0. The minimum absolute atomic E-state index is 0.0168. The number of rotatable bonds is 56. The molecule has 78 heavy (non-hydrogen) atoms. The molecule has 0 fully saturated rings. The molecule has 0 aromatic carbocycles. The van der Waals surface area contributed by atoms with E-state index in [9.17, 15) is 19.4 Å². The van der Waals surface area contributed by atoms with Crippen LogP contribution in [0.15, 0.2) is 134 Å². The number of carbonyl (C=O) groups is 1. The van der Waals surface area contributed by atoms with E-state index < -0.39 is 26.6 Å². The summed E-state index contributed by atoms with van der Waals surface area (Å²) in [6.07, 6.45) is 88.3. The summed E-state index contributed by atoms with van der Waals surface area (Å²) in [7, 11) is 1.22. The van der Waals surface area contributed by atoms with E-state index >= 15 is 0 Å². The summed E-state index contributed by atoms with van der Waals surface area (Å²) < 4.78 is 23.4. The number of hydrogen-bond acceptors (Lipinski definition) is 6. The fourth-order valence-electron chi connectivity index (χ4n) is 8.48. The maximum Gasteiger partial charge on any atom is 0.268 e. The van der Waals surface area contributed by atoms with Crippen molar-refractivity contribution in [2.45, 2.75) is 257 Å². The number of amides is 1. The van der Waals surface area contributed by atoms with Crippen LogP contribution in [0.5, 0.6) is 0 Å². The van der Waals surface area contributed by atoms with Crippen LogP contribution >= 0.6 is 7.82 Å². The minimum Gasteiger partial charge on any atom is -0.756 e. The number of phosphoric ester groups is 1. The Hall–Kier alpha value is -3.36. The highest BCUT2D eigenvalue weighted by molar-refractivity contribution is 7.45. The number of hydrogen-bond donors (Lipinski definition) is 2. The summed E-state index contributed by atoms with van der Waals surface area (Å²) in [4.78, 5) is 25.5. The van der Waals surface area contributed by atoms with Gasteiger partial charge in [0.15, 0.2) is 0 Å². The molecule has 1 amide bonds. The average molecular weight is 1100 g/mol. The smallest absolute Gasteiger partial charge is 0.268 e. The fourth-order valence-corrected chi connectivity index (χ4v) is 9.20. The van der Waals surface area contributed by atoms with Gasteiger partial charge in [0.05, 0.1) is 39.9 Å². The van der Waals surface area contributed by atoms with Crippen LogP contribution in [-0.4, -0.2) is 68.5 Å². The number of phosphoric acid groups is 1. The first-order valence-electron chi connectivity index (χ1n) is 31.5. The number of carbonyl (C=O) groups excluding carboxylic acids is 1. The van der Waals surface area contributed by atoms with Crippen LogP contribution in [-0.2, 0) is 18.4 Å². The second-order valence-corrected chi connectivity index (χ2v) is 23.4. The summed E-state index contributed by atoms with van der Waals surface area (Å²) in [5, 5.41) is 13.9. The first-order chi connectivity index (χ1) is 38.0. The summed E-state index contributed by atoms with van der Waals surface area (Å²) in [5.41, 5.74) is 0. The first kappa shape index (κ1) is 74.6. The molecular formula is C69H119N2O6P. The third-order valence-corrected chi connectivity index (χ3v) is 14.3. The highest BCUT2D eigenvalue weighted by atomic mass is 31.2. The Bertz CT molecular complexity index is 1730. The van der Waals surface area contributed by atoms with Crippen LogP contribution in [0.4, 0.5) is 0 Å². The second-order valence-electron chi connectivity index (χ2n) is 22.0. The van der Waals surface area contributed by atoms with Crippen molar-refractivity contribution in [3.8, 4) is 0 Å². The highest BCUT2D eigenvalue weighted by Crippen LogP contribution is 2.38. The largest absolute Gasteiger partial charge is 0.756 e. The second kappa shape index (κ2) is 58.3. The summed E-state index contributed by atoms with van der Waals surface area (Å²) in [6, 6.07) is -0.922. The Morgan fingerprint density at radius 1 is 0.462 bits per heavy atom. The van der Waals surface area contributed by atoms with Crippen LogP contribution in [0.2, 0.25) is 0 Å². The Morgan fingerprint density at radius 2 is 0.782 bits per heavy atom. The SMILES string of the molecule is CC/C=C\C/C=C\C/C=C\C/C=C\C/C=C\C/C=C\C/C=C\C/C=C\C/C=C\C/C=C\CCCCC(=O)NC(COP(=O)([O-])OCC[N+](C)(C)C)C(O)/C=C/CCCCCCCCCCCCCCCCCCCCCCC. The van der Waals surface area contributed by atoms with Crippen molar-refractivity contribution in [2.24, 2.45) is 0 Å². The number of likely N-dealkylation sites (N-methyl/N-ethyl adjacent to an activating group) is 1. The van der Waals surface area contributed by atoms with Gasteiger partial charge < -0.3 is 28.8 Å². The Balaban J connectivity index is 4.31. The molecule has 0 heterocycles. The van der Waals surface area contributed by atoms with Crippen molar-refractivity contribution in [1.29, 1.82) is 0 Å². The van der Waals surface area contributed by atoms with Crippen molar-refractivity contribution < 1.29 is 32.9 Å². The Morgan fingerprint density at radius 3 is 1.14 bits per heavy atom. The molecular weight excluding hydrogens is 984 g/mol. The zero-order chi connectivity index (χ0) is 57.0. The monoisotopic (exact) mass is 1100 g/mol. The maximum absolute atomic E-state index is 13.0. The van der Waals surface area contributed by atoms with E-state index in [1.807, 2.05) is 27.2 Å². The molecule has 0 aliphatic carbocycles. The van der Waals surface area contributed by atoms with Gasteiger partial charge in [0.2, 0.25) is 5.91 Å². The van der Waals surface area contributed by atoms with Gasteiger partial charge in [-0.1, -0.05) is 276 Å². The molecule has 3 unspecified atom stereocenters. The molecule has 0 aliphatic heterocycles. The van der Waals surface area contributed by atoms with Gasteiger partial charge >= 0.3 is 0 Å². The lowest BCUT2D eigenvalue weighted by atomic mass is 10.0. The van der Waals surface area contributed by atoms with Crippen molar-refractivity contribution in [3.63, 3.8) is 0 Å². The lowest BCUT2D eigenvalue weighted by Crippen LogP contribution is -2.45. The summed E-state index contributed by atoms with van der Waals surface area (Å²) in [5.74, 6) is -0.243. The molecule has 0 bridgehead atoms. The van der Waals surface area contributed by atoms with Crippen molar-refractivity contribution >= 4 is 13.7 Å². The van der Waals surface area contributed by atoms with Crippen LogP contribution in [0.25, 0.3) is 0 Å². The number of nitrogens with zero attached hydrogens (tertiary/aromatic N) is 1. The topological polar surface area (TPSA) is 108 Å². The molecule has 3 atom stereocenters. The number of allylic oxidation sites excluding steroid dienone is 21. The van der Waals surface area contributed by atoms with Crippen LogP contribution in [0, 0.1) is 0 Å². The molecule has 2 N–H and O–H groups in total. The molecule has 446 valence electrons. The summed E-state index contributed by atoms with van der Waals surface area (Å²) in [6.45, 7) is 4.51. The number of unbranched alkanes of at least 4 members (excludes halogenated alkanes) is 23. The number of nitrogens with one attached hydrogen (secondary N) is 1. The zero-order valence-electron chi connectivity index (χ0n) is 50.8. The molecule has 0 saturated heterocycles. The van der Waals surface area contributed by atoms with Gasteiger partial charge in [0.1, 0.15) is 13.2 Å². The molecule has 9 heteroatoms. The highest BCUT2D eigenvalue weighted by Gasteiger charge is 2.23. The van der Waals surface area contributed by atoms with Gasteiger partial charge in [0.25, 0.3) is 7.82 Å². The van der Waals surface area contributed by atoms with E-state index in [-0.39, 0.29) is 18.9 Å². The fraction of sp³-hybridized carbons (Fsp3) is 0.667. The van der Waals surface area contributed by atoms with E-state index in [4.69, 9.17) is 9.05 Å². The van der Waals surface area contributed by atoms with Crippen molar-refractivity contribution in [2.75, 3.05) is 40.9 Å². The molecule has 0 aromatic heterocycles. The van der Waals surface area contributed by atoms with Gasteiger partial charge in [-0.15, -0.1) is 0 Å². The predicted octanol–water partition coefficient (Wildman–Crippen LogP) is 19.2. The lowest BCUT2D eigenvalue weighted by molar-refractivity contribution is -0.870. The number of aliphatic hydroxyl groups is 1.